The van der Waals surface area contributed by atoms with Crippen molar-refractivity contribution >= 4 is 11.6 Å². The zero-order valence-electron chi connectivity index (χ0n) is 17.2. The number of carbonyl (C=O) groups is 1. The molecule has 2 heterocycles. The molecule has 0 bridgehead atoms. The van der Waals surface area contributed by atoms with Crippen molar-refractivity contribution in [3.63, 3.8) is 0 Å². The minimum atomic E-state index is 0.116. The van der Waals surface area contributed by atoms with Crippen molar-refractivity contribution < 1.29 is 4.79 Å². The molecule has 1 fully saturated rings. The van der Waals surface area contributed by atoms with Crippen LogP contribution in [0.25, 0.3) is 5.69 Å². The van der Waals surface area contributed by atoms with Crippen LogP contribution in [0.5, 0.6) is 0 Å². The van der Waals surface area contributed by atoms with Crippen LogP contribution < -0.4 is 4.90 Å². The summed E-state index contributed by atoms with van der Waals surface area (Å²) in [5.41, 5.74) is 4.37. The standard InChI is InChI=1S/C24H28N4O/c1-25(2)19-20-6-5-7-23(18-20)27-14-16-28(17-15-27)24(29)21-8-10-22(11-9-21)26-12-3-4-13-26/h3-13,18H,14-17,19H2,1-2H3. The fraction of sp³-hybridized carbons (Fsp3) is 0.292. The normalized spacial score (nSPS) is 14.4. The van der Waals surface area contributed by atoms with Crippen molar-refractivity contribution in [3.8, 4) is 5.69 Å². The smallest absolute Gasteiger partial charge is 0.253 e. The molecule has 0 N–H and O–H groups in total. The lowest BCUT2D eigenvalue weighted by atomic mass is 10.1. The van der Waals surface area contributed by atoms with Gasteiger partial charge in [0.1, 0.15) is 0 Å². The summed E-state index contributed by atoms with van der Waals surface area (Å²) >= 11 is 0. The number of benzene rings is 2. The third kappa shape index (κ3) is 4.51. The summed E-state index contributed by atoms with van der Waals surface area (Å²) in [5.74, 6) is 0.116. The van der Waals surface area contributed by atoms with Crippen LogP contribution in [0.1, 0.15) is 15.9 Å². The largest absolute Gasteiger partial charge is 0.368 e. The van der Waals surface area contributed by atoms with Crippen molar-refractivity contribution in [2.75, 3.05) is 45.2 Å². The summed E-state index contributed by atoms with van der Waals surface area (Å²) in [6.45, 7) is 4.15. The summed E-state index contributed by atoms with van der Waals surface area (Å²) in [4.78, 5) is 19.4. The van der Waals surface area contributed by atoms with Crippen molar-refractivity contribution in [2.24, 2.45) is 0 Å². The maximum absolute atomic E-state index is 12.9. The van der Waals surface area contributed by atoms with Gasteiger partial charge in [-0.05, 0) is 68.2 Å². The molecule has 1 aliphatic heterocycles. The Labute approximate surface area is 172 Å². The van der Waals surface area contributed by atoms with Gasteiger partial charge in [0.2, 0.25) is 0 Å². The average Bonchev–Trinajstić information content (AvgIpc) is 3.28. The fourth-order valence-electron chi connectivity index (χ4n) is 3.85. The lowest BCUT2D eigenvalue weighted by Crippen LogP contribution is -2.48. The monoisotopic (exact) mass is 388 g/mol. The van der Waals surface area contributed by atoms with E-state index in [1.807, 2.05) is 58.3 Å². The topological polar surface area (TPSA) is 31.7 Å². The van der Waals surface area contributed by atoms with Crippen LogP contribution in [-0.4, -0.2) is 60.5 Å². The number of anilines is 1. The van der Waals surface area contributed by atoms with E-state index >= 15 is 0 Å². The van der Waals surface area contributed by atoms with Gasteiger partial charge in [0.25, 0.3) is 5.91 Å². The van der Waals surface area contributed by atoms with Crippen molar-refractivity contribution in [2.45, 2.75) is 6.54 Å². The van der Waals surface area contributed by atoms with Crippen molar-refractivity contribution in [3.05, 3.63) is 84.2 Å². The van der Waals surface area contributed by atoms with Crippen molar-refractivity contribution in [1.29, 1.82) is 0 Å². The Balaban J connectivity index is 1.37. The third-order valence-corrected chi connectivity index (χ3v) is 5.36. The highest BCUT2D eigenvalue weighted by atomic mass is 16.2. The molecule has 0 unspecified atom stereocenters. The van der Waals surface area contributed by atoms with Gasteiger partial charge in [-0.15, -0.1) is 0 Å². The van der Waals surface area contributed by atoms with Crippen LogP contribution in [0.15, 0.2) is 73.1 Å². The zero-order valence-corrected chi connectivity index (χ0v) is 17.2. The second kappa shape index (κ2) is 8.53. The quantitative estimate of drug-likeness (QED) is 0.670. The predicted octanol–water partition coefficient (Wildman–Crippen LogP) is 3.50. The molecule has 1 aliphatic rings. The highest BCUT2D eigenvalue weighted by Crippen LogP contribution is 2.20. The predicted molar refractivity (Wildman–Crippen MR) is 118 cm³/mol. The van der Waals surface area contributed by atoms with Gasteiger partial charge in [0, 0.05) is 62.1 Å². The van der Waals surface area contributed by atoms with Gasteiger partial charge in [-0.2, -0.15) is 0 Å². The molecule has 0 atom stereocenters. The molecule has 3 aromatic rings. The molecule has 150 valence electrons. The minimum Gasteiger partial charge on any atom is -0.368 e. The first-order valence-electron chi connectivity index (χ1n) is 10.1. The van der Waals surface area contributed by atoms with E-state index in [2.05, 4.69) is 48.2 Å². The van der Waals surface area contributed by atoms with E-state index in [-0.39, 0.29) is 5.91 Å². The van der Waals surface area contributed by atoms with Crippen LogP contribution >= 0.6 is 0 Å². The molecule has 0 spiro atoms. The SMILES string of the molecule is CN(C)Cc1cccc(N2CCN(C(=O)c3ccc(-n4cccc4)cc3)CC2)c1. The van der Waals surface area contributed by atoms with E-state index in [0.29, 0.717) is 0 Å². The van der Waals surface area contributed by atoms with E-state index in [1.54, 1.807) is 0 Å². The first-order chi connectivity index (χ1) is 14.1. The number of nitrogens with zero attached hydrogens (tertiary/aromatic N) is 4. The van der Waals surface area contributed by atoms with Gasteiger partial charge in [-0.1, -0.05) is 12.1 Å². The lowest BCUT2D eigenvalue weighted by molar-refractivity contribution is 0.0747. The van der Waals surface area contributed by atoms with Gasteiger partial charge < -0.3 is 19.3 Å². The first-order valence-corrected chi connectivity index (χ1v) is 10.1. The molecule has 5 nitrogen and oxygen atoms in total. The van der Waals surface area contributed by atoms with E-state index < -0.39 is 0 Å². The maximum Gasteiger partial charge on any atom is 0.253 e. The third-order valence-electron chi connectivity index (χ3n) is 5.36. The van der Waals surface area contributed by atoms with Gasteiger partial charge in [0.05, 0.1) is 0 Å². The number of amides is 1. The van der Waals surface area contributed by atoms with Crippen molar-refractivity contribution in [1.82, 2.24) is 14.4 Å². The fourth-order valence-corrected chi connectivity index (χ4v) is 3.85. The highest BCUT2D eigenvalue weighted by molar-refractivity contribution is 5.94. The number of hydrogen-bond donors (Lipinski definition) is 0. The Morgan fingerprint density at radius 2 is 1.55 bits per heavy atom. The number of rotatable bonds is 5. The van der Waals surface area contributed by atoms with Gasteiger partial charge in [0.15, 0.2) is 0 Å². The second-order valence-corrected chi connectivity index (χ2v) is 7.82. The van der Waals surface area contributed by atoms with E-state index in [1.165, 1.54) is 11.3 Å². The summed E-state index contributed by atoms with van der Waals surface area (Å²) in [6.07, 6.45) is 4.01. The van der Waals surface area contributed by atoms with Gasteiger partial charge in [-0.3, -0.25) is 4.79 Å². The van der Waals surface area contributed by atoms with Gasteiger partial charge >= 0.3 is 0 Å². The minimum absolute atomic E-state index is 0.116. The van der Waals surface area contributed by atoms with E-state index in [0.717, 1.165) is 44.0 Å². The Morgan fingerprint density at radius 1 is 0.862 bits per heavy atom. The lowest BCUT2D eigenvalue weighted by Gasteiger charge is -2.36. The summed E-state index contributed by atoms with van der Waals surface area (Å²) in [5, 5.41) is 0. The number of piperazine rings is 1. The van der Waals surface area contributed by atoms with Gasteiger partial charge in [-0.25, -0.2) is 0 Å². The molecule has 2 aromatic carbocycles. The summed E-state index contributed by atoms with van der Waals surface area (Å²) in [7, 11) is 4.17. The highest BCUT2D eigenvalue weighted by Gasteiger charge is 2.22. The average molecular weight is 389 g/mol. The van der Waals surface area contributed by atoms with E-state index in [9.17, 15) is 4.79 Å². The number of carbonyl (C=O) groups excluding carboxylic acids is 1. The molecule has 29 heavy (non-hydrogen) atoms. The number of hydrogen-bond acceptors (Lipinski definition) is 3. The molecular formula is C24H28N4O. The molecular weight excluding hydrogens is 360 g/mol. The first kappa shape index (κ1) is 19.3. The molecule has 0 radical (unpaired) electrons. The van der Waals surface area contributed by atoms with Crippen LogP contribution in [0.4, 0.5) is 5.69 Å². The second-order valence-electron chi connectivity index (χ2n) is 7.82. The summed E-state index contributed by atoms with van der Waals surface area (Å²) in [6, 6.07) is 20.6. The Bertz CT molecular complexity index is 939. The molecule has 4 rings (SSSR count). The zero-order chi connectivity index (χ0) is 20.2. The van der Waals surface area contributed by atoms with E-state index in [4.69, 9.17) is 0 Å². The number of aromatic nitrogens is 1. The Morgan fingerprint density at radius 3 is 2.21 bits per heavy atom. The van der Waals surface area contributed by atoms with Crippen LogP contribution in [0.3, 0.4) is 0 Å². The Kier molecular flexibility index (Phi) is 5.67. The Hall–Kier alpha value is -3.05. The molecule has 1 amide bonds. The van der Waals surface area contributed by atoms with Crippen LogP contribution in [0.2, 0.25) is 0 Å². The molecule has 1 aromatic heterocycles. The van der Waals surface area contributed by atoms with Crippen LogP contribution in [0, 0.1) is 0 Å². The molecule has 0 aliphatic carbocycles. The molecule has 1 saturated heterocycles. The summed E-state index contributed by atoms with van der Waals surface area (Å²) < 4.78 is 2.04. The van der Waals surface area contributed by atoms with Crippen LogP contribution in [-0.2, 0) is 6.54 Å². The maximum atomic E-state index is 12.9. The molecule has 5 heteroatoms. The molecule has 0 saturated carbocycles.